The van der Waals surface area contributed by atoms with Crippen molar-refractivity contribution in [2.24, 2.45) is 0 Å². The maximum Gasteiger partial charge on any atom is 0.229 e. The maximum atomic E-state index is 4.53. The third-order valence-corrected chi connectivity index (χ3v) is 3.44. The lowest BCUT2D eigenvalue weighted by atomic mass is 10.2. The fourth-order valence-corrected chi connectivity index (χ4v) is 2.24. The summed E-state index contributed by atoms with van der Waals surface area (Å²) in [4.78, 5) is 13.1. The Kier molecular flexibility index (Phi) is 4.47. The summed E-state index contributed by atoms with van der Waals surface area (Å²) in [6.07, 6.45) is 3.61. The van der Waals surface area contributed by atoms with Crippen LogP contribution in [-0.2, 0) is 6.54 Å². The summed E-state index contributed by atoms with van der Waals surface area (Å²) in [6.45, 7) is 4.69. The average molecular weight is 305 g/mol. The van der Waals surface area contributed by atoms with E-state index in [1.54, 1.807) is 6.20 Å². The molecule has 3 aromatic rings. The Hall–Kier alpha value is -2.95. The van der Waals surface area contributed by atoms with E-state index in [1.807, 2.05) is 49.5 Å². The predicted molar refractivity (Wildman–Crippen MR) is 92.8 cm³/mol. The first-order valence-electron chi connectivity index (χ1n) is 7.52. The van der Waals surface area contributed by atoms with Gasteiger partial charge in [0.25, 0.3) is 0 Å². The van der Waals surface area contributed by atoms with Gasteiger partial charge in [-0.3, -0.25) is 4.98 Å². The van der Waals surface area contributed by atoms with Crippen molar-refractivity contribution >= 4 is 17.5 Å². The zero-order chi connectivity index (χ0) is 16.1. The van der Waals surface area contributed by atoms with Gasteiger partial charge in [0.2, 0.25) is 5.95 Å². The minimum Gasteiger partial charge on any atom is -0.366 e. The smallest absolute Gasteiger partial charge is 0.229 e. The van der Waals surface area contributed by atoms with E-state index < -0.39 is 0 Å². The van der Waals surface area contributed by atoms with Crippen LogP contribution >= 0.6 is 0 Å². The van der Waals surface area contributed by atoms with Crippen molar-refractivity contribution in [1.29, 1.82) is 0 Å². The van der Waals surface area contributed by atoms with Crippen molar-refractivity contribution in [3.05, 3.63) is 71.7 Å². The quantitative estimate of drug-likeness (QED) is 0.750. The number of nitrogens with zero attached hydrogens (tertiary/aromatic N) is 3. The summed E-state index contributed by atoms with van der Waals surface area (Å²) >= 11 is 0. The molecule has 0 aliphatic carbocycles. The maximum absolute atomic E-state index is 4.53. The number of nitrogens with one attached hydrogen (secondary N) is 2. The molecule has 116 valence electrons. The van der Waals surface area contributed by atoms with Crippen molar-refractivity contribution in [3.8, 4) is 0 Å². The second-order valence-corrected chi connectivity index (χ2v) is 5.37. The fourth-order valence-electron chi connectivity index (χ4n) is 2.24. The summed E-state index contributed by atoms with van der Waals surface area (Å²) in [5.41, 5.74) is 4.18. The number of anilines is 3. The molecule has 0 aliphatic heterocycles. The molecule has 0 saturated carbocycles. The largest absolute Gasteiger partial charge is 0.366 e. The Balaban J connectivity index is 1.75. The lowest BCUT2D eigenvalue weighted by molar-refractivity contribution is 1.05. The van der Waals surface area contributed by atoms with Crippen LogP contribution in [0.5, 0.6) is 0 Å². The molecule has 0 atom stereocenters. The van der Waals surface area contributed by atoms with Gasteiger partial charge < -0.3 is 10.6 Å². The van der Waals surface area contributed by atoms with Crippen LogP contribution in [0.25, 0.3) is 0 Å². The van der Waals surface area contributed by atoms with Gasteiger partial charge in [0.05, 0.1) is 0 Å². The second-order valence-electron chi connectivity index (χ2n) is 5.37. The molecule has 0 unspecified atom stereocenters. The van der Waals surface area contributed by atoms with Crippen LogP contribution in [0, 0.1) is 13.8 Å². The van der Waals surface area contributed by atoms with E-state index in [4.69, 9.17) is 0 Å². The van der Waals surface area contributed by atoms with Gasteiger partial charge in [-0.1, -0.05) is 24.3 Å². The van der Waals surface area contributed by atoms with Crippen LogP contribution in [0.2, 0.25) is 0 Å². The summed E-state index contributed by atoms with van der Waals surface area (Å²) in [7, 11) is 0. The molecule has 2 heterocycles. The normalized spacial score (nSPS) is 10.3. The SMILES string of the molecule is Cc1cc(NCc2cccnc2)nc(Nc2ccccc2C)n1. The molecule has 3 rings (SSSR count). The minimum absolute atomic E-state index is 0.591. The van der Waals surface area contributed by atoms with Crippen LogP contribution in [0.15, 0.2) is 54.9 Å². The Morgan fingerprint density at radius 1 is 1.00 bits per heavy atom. The van der Waals surface area contributed by atoms with Crippen LogP contribution in [0.1, 0.15) is 16.8 Å². The average Bonchev–Trinajstić information content (AvgIpc) is 2.56. The first-order chi connectivity index (χ1) is 11.2. The van der Waals surface area contributed by atoms with Gasteiger partial charge >= 0.3 is 0 Å². The molecule has 23 heavy (non-hydrogen) atoms. The summed E-state index contributed by atoms with van der Waals surface area (Å²) in [6, 6.07) is 14.0. The topological polar surface area (TPSA) is 62.7 Å². The predicted octanol–water partition coefficient (Wildman–Crippen LogP) is 3.84. The highest BCUT2D eigenvalue weighted by molar-refractivity contribution is 5.59. The fraction of sp³-hybridized carbons (Fsp3) is 0.167. The van der Waals surface area contributed by atoms with E-state index in [0.717, 1.165) is 28.3 Å². The van der Waals surface area contributed by atoms with Gasteiger partial charge in [-0.05, 0) is 37.1 Å². The molecule has 0 amide bonds. The number of para-hydroxylation sites is 1. The highest BCUT2D eigenvalue weighted by Crippen LogP contribution is 2.19. The molecule has 5 nitrogen and oxygen atoms in total. The molecule has 0 aliphatic rings. The van der Waals surface area contributed by atoms with E-state index in [0.29, 0.717) is 12.5 Å². The highest BCUT2D eigenvalue weighted by atomic mass is 15.1. The Bertz CT molecular complexity index is 786. The molecule has 0 saturated heterocycles. The van der Waals surface area contributed by atoms with Crippen molar-refractivity contribution in [1.82, 2.24) is 15.0 Å². The highest BCUT2D eigenvalue weighted by Gasteiger charge is 2.04. The Morgan fingerprint density at radius 2 is 1.87 bits per heavy atom. The summed E-state index contributed by atoms with van der Waals surface area (Å²) in [5.74, 6) is 1.38. The first kappa shape index (κ1) is 15.0. The summed E-state index contributed by atoms with van der Waals surface area (Å²) in [5, 5.41) is 6.59. The molecule has 0 radical (unpaired) electrons. The Morgan fingerprint density at radius 3 is 2.65 bits per heavy atom. The minimum atomic E-state index is 0.591. The number of pyridine rings is 1. The molecule has 0 spiro atoms. The number of rotatable bonds is 5. The van der Waals surface area contributed by atoms with Crippen LogP contribution in [-0.4, -0.2) is 15.0 Å². The molecular weight excluding hydrogens is 286 g/mol. The van der Waals surface area contributed by atoms with Gasteiger partial charge in [0, 0.05) is 36.4 Å². The lowest BCUT2D eigenvalue weighted by Gasteiger charge is -2.11. The molecule has 0 fully saturated rings. The van der Waals surface area contributed by atoms with Gasteiger partial charge in [-0.15, -0.1) is 0 Å². The number of benzene rings is 1. The number of hydrogen-bond donors (Lipinski definition) is 2. The molecule has 5 heteroatoms. The van der Waals surface area contributed by atoms with Gasteiger partial charge in [0.1, 0.15) is 5.82 Å². The third kappa shape index (κ3) is 4.03. The third-order valence-electron chi connectivity index (χ3n) is 3.44. The lowest BCUT2D eigenvalue weighted by Crippen LogP contribution is -2.06. The van der Waals surface area contributed by atoms with E-state index in [1.165, 1.54) is 0 Å². The number of aromatic nitrogens is 3. The van der Waals surface area contributed by atoms with Crippen LogP contribution in [0.4, 0.5) is 17.5 Å². The van der Waals surface area contributed by atoms with Crippen molar-refractivity contribution in [2.75, 3.05) is 10.6 Å². The van der Waals surface area contributed by atoms with Gasteiger partial charge in [-0.25, -0.2) is 4.98 Å². The van der Waals surface area contributed by atoms with Crippen molar-refractivity contribution < 1.29 is 0 Å². The molecule has 2 N–H and O–H groups in total. The molecule has 1 aromatic carbocycles. The van der Waals surface area contributed by atoms with Gasteiger partial charge in [-0.2, -0.15) is 4.98 Å². The zero-order valence-corrected chi connectivity index (χ0v) is 13.2. The number of aryl methyl sites for hydroxylation is 2. The van der Waals surface area contributed by atoms with Crippen molar-refractivity contribution in [2.45, 2.75) is 20.4 Å². The van der Waals surface area contributed by atoms with E-state index >= 15 is 0 Å². The molecule has 0 bridgehead atoms. The van der Waals surface area contributed by atoms with Crippen LogP contribution < -0.4 is 10.6 Å². The first-order valence-corrected chi connectivity index (χ1v) is 7.52. The zero-order valence-electron chi connectivity index (χ0n) is 13.2. The molecule has 2 aromatic heterocycles. The number of hydrogen-bond acceptors (Lipinski definition) is 5. The Labute approximate surface area is 135 Å². The standard InChI is InChI=1S/C18H19N5/c1-13-6-3-4-8-16(13)22-18-21-14(2)10-17(23-18)20-12-15-7-5-9-19-11-15/h3-11H,12H2,1-2H3,(H2,20,21,22,23). The monoisotopic (exact) mass is 305 g/mol. The van der Waals surface area contributed by atoms with Crippen LogP contribution in [0.3, 0.4) is 0 Å². The van der Waals surface area contributed by atoms with E-state index in [9.17, 15) is 0 Å². The van der Waals surface area contributed by atoms with Crippen molar-refractivity contribution in [3.63, 3.8) is 0 Å². The summed E-state index contributed by atoms with van der Waals surface area (Å²) < 4.78 is 0. The van der Waals surface area contributed by atoms with Gasteiger partial charge in [0.15, 0.2) is 0 Å². The van der Waals surface area contributed by atoms with E-state index in [2.05, 4.69) is 38.6 Å². The molecular formula is C18H19N5. The second kappa shape index (κ2) is 6.87. The van der Waals surface area contributed by atoms with E-state index in [-0.39, 0.29) is 0 Å².